The topological polar surface area (TPSA) is 140 Å². The molecule has 2 aliphatic rings. The molecule has 2 aliphatic heterocycles. The quantitative estimate of drug-likeness (QED) is 0.479. The number of imide groups is 1. The van der Waals surface area contributed by atoms with E-state index in [4.69, 9.17) is 10.5 Å². The van der Waals surface area contributed by atoms with Gasteiger partial charge in [0.2, 0.25) is 5.54 Å². The maximum atomic E-state index is 12.8. The summed E-state index contributed by atoms with van der Waals surface area (Å²) >= 11 is 0. The van der Waals surface area contributed by atoms with Crippen LogP contribution in [0.15, 0.2) is 30.7 Å². The van der Waals surface area contributed by atoms with Gasteiger partial charge in [0, 0.05) is 18.3 Å². The van der Waals surface area contributed by atoms with E-state index in [0.717, 1.165) is 5.56 Å². The molecule has 4 amide bonds. The third kappa shape index (κ3) is 3.19. The molecule has 3 heterocycles. The molecule has 1 atom stereocenters. The summed E-state index contributed by atoms with van der Waals surface area (Å²) in [7, 11) is 1.51. The van der Waals surface area contributed by atoms with Gasteiger partial charge in [-0.05, 0) is 17.7 Å². The minimum Gasteiger partial charge on any atom is -0.497 e. The Morgan fingerprint density at radius 1 is 1.34 bits per heavy atom. The molecule has 1 fully saturated rings. The molecule has 29 heavy (non-hydrogen) atoms. The van der Waals surface area contributed by atoms with Crippen LogP contribution < -0.4 is 21.1 Å². The van der Waals surface area contributed by atoms with E-state index >= 15 is 0 Å². The van der Waals surface area contributed by atoms with Crippen LogP contribution in [0.4, 0.5) is 10.6 Å². The highest BCUT2D eigenvalue weighted by Crippen LogP contribution is 2.28. The predicted molar refractivity (Wildman–Crippen MR) is 100 cm³/mol. The normalized spacial score (nSPS) is 19.9. The predicted octanol–water partition coefficient (Wildman–Crippen LogP) is -0.347. The second-order valence-electron chi connectivity index (χ2n) is 6.57. The van der Waals surface area contributed by atoms with Crippen LogP contribution in [0.3, 0.4) is 0 Å². The molecule has 4 N–H and O–H groups in total. The molecule has 0 saturated carbocycles. The number of nitrogen functional groups attached to an aromatic ring is 1. The van der Waals surface area contributed by atoms with E-state index in [2.05, 4.69) is 32.4 Å². The molecular weight excluding hydrogens is 376 g/mol. The first-order chi connectivity index (χ1) is 13.9. The maximum absolute atomic E-state index is 12.8. The standard InChI is InChI=1S/C19H16N6O4/c1-29-13-3-2-12-8-25(16(26)14(12)6-13)9-19(17(27)23-18(28)24-19)5-4-11-7-21-10-22-15(11)20/h2-3,6-7,10H,8-9H2,1H3,(H2,20,21,22)(H2,23,24,27,28)/t19-/m1/s1. The van der Waals surface area contributed by atoms with Gasteiger partial charge >= 0.3 is 6.03 Å². The Morgan fingerprint density at radius 3 is 2.86 bits per heavy atom. The Morgan fingerprint density at radius 2 is 2.17 bits per heavy atom. The van der Waals surface area contributed by atoms with Crippen molar-refractivity contribution >= 4 is 23.7 Å². The summed E-state index contributed by atoms with van der Waals surface area (Å²) in [5.41, 5.74) is 5.73. The third-order valence-corrected chi connectivity index (χ3v) is 4.72. The number of rotatable bonds is 3. The molecular formula is C19H16N6O4. The largest absolute Gasteiger partial charge is 0.497 e. The highest BCUT2D eigenvalue weighted by molar-refractivity contribution is 6.10. The molecule has 10 heteroatoms. The third-order valence-electron chi connectivity index (χ3n) is 4.72. The number of nitrogens with one attached hydrogen (secondary N) is 2. The number of carbonyl (C=O) groups is 3. The van der Waals surface area contributed by atoms with E-state index in [1.807, 2.05) is 0 Å². The van der Waals surface area contributed by atoms with Gasteiger partial charge in [0.15, 0.2) is 0 Å². The van der Waals surface area contributed by atoms with E-state index in [0.29, 0.717) is 16.9 Å². The first-order valence-electron chi connectivity index (χ1n) is 8.60. The van der Waals surface area contributed by atoms with Crippen molar-refractivity contribution in [2.75, 3.05) is 19.4 Å². The first kappa shape index (κ1) is 18.2. The van der Waals surface area contributed by atoms with Gasteiger partial charge in [0.05, 0.1) is 19.2 Å². The fourth-order valence-corrected chi connectivity index (χ4v) is 3.22. The fraction of sp³-hybridized carbons (Fsp3) is 0.211. The van der Waals surface area contributed by atoms with Gasteiger partial charge < -0.3 is 20.7 Å². The van der Waals surface area contributed by atoms with Crippen LogP contribution >= 0.6 is 0 Å². The van der Waals surface area contributed by atoms with Crippen LogP contribution in [-0.2, 0) is 11.3 Å². The van der Waals surface area contributed by atoms with Gasteiger partial charge in [0.25, 0.3) is 11.8 Å². The van der Waals surface area contributed by atoms with Crippen LogP contribution in [0.5, 0.6) is 5.75 Å². The van der Waals surface area contributed by atoms with Crippen molar-refractivity contribution in [1.82, 2.24) is 25.5 Å². The number of amides is 4. The fourth-order valence-electron chi connectivity index (χ4n) is 3.22. The second kappa shape index (κ2) is 6.79. The number of methoxy groups -OCH3 is 1. The van der Waals surface area contributed by atoms with Gasteiger partial charge in [-0.3, -0.25) is 14.9 Å². The van der Waals surface area contributed by atoms with Gasteiger partial charge in [-0.25, -0.2) is 14.8 Å². The monoisotopic (exact) mass is 392 g/mol. The van der Waals surface area contributed by atoms with Crippen molar-refractivity contribution in [3.63, 3.8) is 0 Å². The molecule has 0 spiro atoms. The number of anilines is 1. The summed E-state index contributed by atoms with van der Waals surface area (Å²) in [6.45, 7) is 0.141. The number of nitrogens with zero attached hydrogens (tertiary/aromatic N) is 3. The van der Waals surface area contributed by atoms with Crippen molar-refractivity contribution in [3.8, 4) is 17.6 Å². The zero-order valence-electron chi connectivity index (χ0n) is 15.4. The Labute approximate surface area is 165 Å². The summed E-state index contributed by atoms with van der Waals surface area (Å²) < 4.78 is 5.17. The number of hydrogen-bond donors (Lipinski definition) is 3. The lowest BCUT2D eigenvalue weighted by atomic mass is 9.99. The van der Waals surface area contributed by atoms with E-state index in [-0.39, 0.29) is 24.8 Å². The van der Waals surface area contributed by atoms with Crippen molar-refractivity contribution < 1.29 is 19.1 Å². The van der Waals surface area contributed by atoms with Crippen molar-refractivity contribution in [2.45, 2.75) is 12.1 Å². The van der Waals surface area contributed by atoms with Crippen LogP contribution in [0, 0.1) is 11.8 Å². The van der Waals surface area contributed by atoms with Gasteiger partial charge in [-0.2, -0.15) is 0 Å². The first-order valence-corrected chi connectivity index (χ1v) is 8.60. The number of ether oxygens (including phenoxy) is 1. The molecule has 1 saturated heterocycles. The number of fused-ring (bicyclic) bond motifs is 1. The summed E-state index contributed by atoms with van der Waals surface area (Å²) in [6, 6.07) is 4.51. The van der Waals surface area contributed by atoms with Crippen LogP contribution in [0.1, 0.15) is 21.5 Å². The molecule has 0 aliphatic carbocycles. The number of benzene rings is 1. The Hall–Kier alpha value is -4.13. The Bertz CT molecular complexity index is 1110. The Balaban J connectivity index is 1.66. The summed E-state index contributed by atoms with van der Waals surface area (Å²) in [5, 5.41) is 4.71. The zero-order chi connectivity index (χ0) is 20.6. The number of aromatic nitrogens is 2. The van der Waals surface area contributed by atoms with Crippen molar-refractivity contribution in [1.29, 1.82) is 0 Å². The minimum absolute atomic E-state index is 0.138. The van der Waals surface area contributed by atoms with E-state index < -0.39 is 17.5 Å². The van der Waals surface area contributed by atoms with Crippen molar-refractivity contribution in [2.24, 2.45) is 0 Å². The average molecular weight is 392 g/mol. The maximum Gasteiger partial charge on any atom is 0.323 e. The lowest BCUT2D eigenvalue weighted by molar-refractivity contribution is -0.122. The molecule has 4 rings (SSSR count). The number of urea groups is 1. The highest BCUT2D eigenvalue weighted by Gasteiger charge is 2.48. The van der Waals surface area contributed by atoms with Gasteiger partial charge in [0.1, 0.15) is 17.9 Å². The number of hydrogen-bond acceptors (Lipinski definition) is 7. The van der Waals surface area contributed by atoms with Crippen LogP contribution in [0.2, 0.25) is 0 Å². The van der Waals surface area contributed by atoms with Crippen LogP contribution in [0.25, 0.3) is 0 Å². The zero-order valence-corrected chi connectivity index (χ0v) is 15.4. The number of nitrogens with two attached hydrogens (primary N) is 1. The summed E-state index contributed by atoms with van der Waals surface area (Å²) in [4.78, 5) is 46.4. The Kier molecular flexibility index (Phi) is 4.27. The molecule has 0 radical (unpaired) electrons. The van der Waals surface area contributed by atoms with Crippen LogP contribution in [-0.4, -0.2) is 51.9 Å². The van der Waals surface area contributed by atoms with E-state index in [1.54, 1.807) is 18.2 Å². The second-order valence-corrected chi connectivity index (χ2v) is 6.57. The molecule has 0 bridgehead atoms. The number of carbonyl (C=O) groups excluding carboxylic acids is 3. The molecule has 0 unspecified atom stereocenters. The van der Waals surface area contributed by atoms with Gasteiger partial charge in [-0.15, -0.1) is 0 Å². The molecule has 1 aromatic heterocycles. The summed E-state index contributed by atoms with van der Waals surface area (Å²) in [6.07, 6.45) is 2.68. The van der Waals surface area contributed by atoms with Crippen molar-refractivity contribution in [3.05, 3.63) is 47.4 Å². The summed E-state index contributed by atoms with van der Waals surface area (Å²) in [5.74, 6) is 5.27. The lowest BCUT2D eigenvalue weighted by Crippen LogP contribution is -2.54. The minimum atomic E-state index is -1.62. The molecule has 2 aromatic rings. The smallest absolute Gasteiger partial charge is 0.323 e. The van der Waals surface area contributed by atoms with E-state index in [1.165, 1.54) is 24.5 Å². The molecule has 146 valence electrons. The SMILES string of the molecule is COc1ccc2c(c1)C(=O)N(C[C@@]1(C#Cc3cncnc3N)NC(=O)NC1=O)C2. The average Bonchev–Trinajstić information content (AvgIpc) is 3.16. The molecule has 1 aromatic carbocycles. The van der Waals surface area contributed by atoms with Gasteiger partial charge in [-0.1, -0.05) is 17.9 Å². The van der Waals surface area contributed by atoms with E-state index in [9.17, 15) is 14.4 Å². The highest BCUT2D eigenvalue weighted by atomic mass is 16.5. The molecule has 10 nitrogen and oxygen atoms in total. The lowest BCUT2D eigenvalue weighted by Gasteiger charge is -2.26.